The van der Waals surface area contributed by atoms with Crippen molar-refractivity contribution in [1.82, 2.24) is 10.2 Å². The number of anilines is 1. The second kappa shape index (κ2) is 10.4. The number of carbonyl (C=O) groups is 2. The SMILES string of the molecule is Cc1ccc(S(=O)(=O)Nc2ccc(C(=O)N3CCCC3C(=O)NCCC(C)C)cc2)cc1C. The lowest BCUT2D eigenvalue weighted by atomic mass is 10.1. The lowest BCUT2D eigenvalue weighted by Crippen LogP contribution is -2.46. The molecule has 1 atom stereocenters. The first-order valence-corrected chi connectivity index (χ1v) is 12.9. The third-order valence-electron chi connectivity index (χ3n) is 6.01. The number of benzene rings is 2. The van der Waals surface area contributed by atoms with E-state index in [1.807, 2.05) is 13.8 Å². The van der Waals surface area contributed by atoms with Crippen LogP contribution in [0.5, 0.6) is 0 Å². The van der Waals surface area contributed by atoms with Gasteiger partial charge in [0.1, 0.15) is 6.04 Å². The van der Waals surface area contributed by atoms with E-state index in [0.29, 0.717) is 36.7 Å². The molecule has 0 spiro atoms. The van der Waals surface area contributed by atoms with E-state index in [1.165, 1.54) is 0 Å². The molecule has 1 saturated heterocycles. The van der Waals surface area contributed by atoms with E-state index in [-0.39, 0.29) is 16.7 Å². The van der Waals surface area contributed by atoms with E-state index in [2.05, 4.69) is 23.9 Å². The third kappa shape index (κ3) is 6.13. The van der Waals surface area contributed by atoms with Gasteiger partial charge in [-0.2, -0.15) is 0 Å². The Balaban J connectivity index is 1.67. The maximum absolute atomic E-state index is 13.0. The zero-order chi connectivity index (χ0) is 24.2. The Labute approximate surface area is 196 Å². The number of hydrogen-bond acceptors (Lipinski definition) is 4. The van der Waals surface area contributed by atoms with Gasteiger partial charge in [-0.3, -0.25) is 14.3 Å². The summed E-state index contributed by atoms with van der Waals surface area (Å²) in [7, 11) is -3.73. The minimum Gasteiger partial charge on any atom is -0.354 e. The van der Waals surface area contributed by atoms with Gasteiger partial charge in [0.2, 0.25) is 5.91 Å². The maximum Gasteiger partial charge on any atom is 0.261 e. The number of carbonyl (C=O) groups excluding carboxylic acids is 2. The lowest BCUT2D eigenvalue weighted by Gasteiger charge is -2.24. The van der Waals surface area contributed by atoms with Crippen LogP contribution in [-0.2, 0) is 14.8 Å². The molecular formula is C25H33N3O4S. The molecule has 2 amide bonds. The maximum atomic E-state index is 13.0. The number of likely N-dealkylation sites (tertiary alicyclic amines) is 1. The number of hydrogen-bond donors (Lipinski definition) is 2. The van der Waals surface area contributed by atoms with Gasteiger partial charge in [0.25, 0.3) is 15.9 Å². The topological polar surface area (TPSA) is 95.6 Å². The standard InChI is InChI=1S/C25H33N3O4S/c1-17(2)13-14-26-24(29)23-6-5-15-28(23)25(30)20-8-10-21(11-9-20)27-33(31,32)22-12-7-18(3)19(4)16-22/h7-12,16-17,23,27H,5-6,13-15H2,1-4H3,(H,26,29). The van der Waals surface area contributed by atoms with Crippen molar-refractivity contribution >= 4 is 27.5 Å². The van der Waals surface area contributed by atoms with E-state index in [1.54, 1.807) is 47.4 Å². The lowest BCUT2D eigenvalue weighted by molar-refractivity contribution is -0.124. The molecule has 1 fully saturated rings. The molecule has 1 unspecified atom stereocenters. The van der Waals surface area contributed by atoms with Crippen LogP contribution in [0.1, 0.15) is 54.6 Å². The highest BCUT2D eigenvalue weighted by atomic mass is 32.2. The molecule has 0 aliphatic carbocycles. The fraction of sp³-hybridized carbons (Fsp3) is 0.440. The number of nitrogens with zero attached hydrogens (tertiary/aromatic N) is 1. The van der Waals surface area contributed by atoms with E-state index in [4.69, 9.17) is 0 Å². The molecule has 3 rings (SSSR count). The molecule has 1 aliphatic heterocycles. The van der Waals surface area contributed by atoms with Gasteiger partial charge in [-0.25, -0.2) is 8.42 Å². The molecular weight excluding hydrogens is 438 g/mol. The number of aryl methyl sites for hydroxylation is 2. The van der Waals surface area contributed by atoms with Crippen LogP contribution in [0.2, 0.25) is 0 Å². The zero-order valence-corrected chi connectivity index (χ0v) is 20.5. The van der Waals surface area contributed by atoms with Gasteiger partial charge >= 0.3 is 0 Å². The first-order chi connectivity index (χ1) is 15.6. The zero-order valence-electron chi connectivity index (χ0n) is 19.7. The average molecular weight is 472 g/mol. The number of amides is 2. The van der Waals surface area contributed by atoms with Gasteiger partial charge in [-0.05, 0) is 86.6 Å². The molecule has 2 aromatic carbocycles. The number of nitrogens with one attached hydrogen (secondary N) is 2. The minimum atomic E-state index is -3.73. The molecule has 1 aliphatic rings. The summed E-state index contributed by atoms with van der Waals surface area (Å²) in [4.78, 5) is 27.4. The van der Waals surface area contributed by atoms with Crippen LogP contribution in [0.4, 0.5) is 5.69 Å². The van der Waals surface area contributed by atoms with Crippen LogP contribution >= 0.6 is 0 Å². The first kappa shape index (κ1) is 24.8. The highest BCUT2D eigenvalue weighted by Crippen LogP contribution is 2.23. The molecule has 8 heteroatoms. The first-order valence-electron chi connectivity index (χ1n) is 11.4. The summed E-state index contributed by atoms with van der Waals surface area (Å²) < 4.78 is 28.0. The van der Waals surface area contributed by atoms with Crippen LogP contribution in [0.3, 0.4) is 0 Å². The van der Waals surface area contributed by atoms with Crippen LogP contribution in [0, 0.1) is 19.8 Å². The van der Waals surface area contributed by atoms with Crippen LogP contribution in [0.25, 0.3) is 0 Å². The largest absolute Gasteiger partial charge is 0.354 e. The monoisotopic (exact) mass is 471 g/mol. The summed E-state index contributed by atoms with van der Waals surface area (Å²) in [6.45, 7) is 9.12. The Morgan fingerprint density at radius 3 is 2.39 bits per heavy atom. The van der Waals surface area contributed by atoms with Gasteiger partial charge in [0.15, 0.2) is 0 Å². The van der Waals surface area contributed by atoms with Crippen molar-refractivity contribution in [3.63, 3.8) is 0 Å². The Bertz CT molecular complexity index is 1110. The second-order valence-electron chi connectivity index (χ2n) is 9.06. The molecule has 0 bridgehead atoms. The summed E-state index contributed by atoms with van der Waals surface area (Å²) >= 11 is 0. The fourth-order valence-electron chi connectivity index (χ4n) is 3.83. The Kier molecular flexibility index (Phi) is 7.79. The Hall–Kier alpha value is -2.87. The predicted octanol–water partition coefficient (Wildman–Crippen LogP) is 3.87. The third-order valence-corrected chi connectivity index (χ3v) is 7.39. The van der Waals surface area contributed by atoms with Crippen molar-refractivity contribution < 1.29 is 18.0 Å². The predicted molar refractivity (Wildman–Crippen MR) is 130 cm³/mol. The van der Waals surface area contributed by atoms with Crippen molar-refractivity contribution in [1.29, 1.82) is 0 Å². The summed E-state index contributed by atoms with van der Waals surface area (Å²) in [5.41, 5.74) is 2.71. The van der Waals surface area contributed by atoms with Gasteiger partial charge in [-0.1, -0.05) is 19.9 Å². The van der Waals surface area contributed by atoms with Crippen molar-refractivity contribution in [2.45, 2.75) is 57.9 Å². The van der Waals surface area contributed by atoms with Crippen LogP contribution in [0.15, 0.2) is 47.4 Å². The summed E-state index contributed by atoms with van der Waals surface area (Å²) in [5, 5.41) is 2.94. The molecule has 0 radical (unpaired) electrons. The van der Waals surface area contributed by atoms with E-state index in [0.717, 1.165) is 24.0 Å². The van der Waals surface area contributed by atoms with E-state index < -0.39 is 16.1 Å². The normalized spacial score (nSPS) is 16.2. The molecule has 33 heavy (non-hydrogen) atoms. The van der Waals surface area contributed by atoms with Gasteiger partial charge in [-0.15, -0.1) is 0 Å². The fourth-order valence-corrected chi connectivity index (χ4v) is 4.97. The quantitative estimate of drug-likeness (QED) is 0.611. The molecule has 178 valence electrons. The van der Waals surface area contributed by atoms with Crippen LogP contribution < -0.4 is 10.0 Å². The van der Waals surface area contributed by atoms with Crippen molar-refractivity contribution in [3.8, 4) is 0 Å². The summed E-state index contributed by atoms with van der Waals surface area (Å²) in [6, 6.07) is 10.8. The molecule has 0 aromatic heterocycles. The Morgan fingerprint density at radius 1 is 1.06 bits per heavy atom. The molecule has 1 heterocycles. The highest BCUT2D eigenvalue weighted by molar-refractivity contribution is 7.92. The van der Waals surface area contributed by atoms with Gasteiger partial charge < -0.3 is 10.2 Å². The summed E-state index contributed by atoms with van der Waals surface area (Å²) in [6.07, 6.45) is 2.32. The minimum absolute atomic E-state index is 0.112. The molecule has 2 N–H and O–H groups in total. The number of rotatable bonds is 8. The van der Waals surface area contributed by atoms with Gasteiger partial charge in [0, 0.05) is 24.3 Å². The van der Waals surface area contributed by atoms with Gasteiger partial charge in [0.05, 0.1) is 4.90 Å². The van der Waals surface area contributed by atoms with Crippen LogP contribution in [-0.4, -0.2) is 44.3 Å². The van der Waals surface area contributed by atoms with Crippen molar-refractivity contribution in [2.75, 3.05) is 17.8 Å². The molecule has 0 saturated carbocycles. The van der Waals surface area contributed by atoms with E-state index >= 15 is 0 Å². The number of sulfonamides is 1. The average Bonchev–Trinajstić information content (AvgIpc) is 3.25. The molecule has 2 aromatic rings. The summed E-state index contributed by atoms with van der Waals surface area (Å²) in [5.74, 6) is 0.164. The smallest absolute Gasteiger partial charge is 0.261 e. The van der Waals surface area contributed by atoms with Crippen molar-refractivity contribution in [3.05, 3.63) is 59.2 Å². The molecule has 7 nitrogen and oxygen atoms in total. The second-order valence-corrected chi connectivity index (χ2v) is 10.7. The van der Waals surface area contributed by atoms with Crippen molar-refractivity contribution in [2.24, 2.45) is 5.92 Å². The van der Waals surface area contributed by atoms with E-state index in [9.17, 15) is 18.0 Å². The Morgan fingerprint density at radius 2 is 1.76 bits per heavy atom. The highest BCUT2D eigenvalue weighted by Gasteiger charge is 2.34.